The van der Waals surface area contributed by atoms with Crippen molar-refractivity contribution in [3.05, 3.63) is 33.9 Å². The van der Waals surface area contributed by atoms with E-state index in [9.17, 15) is 23.3 Å². The van der Waals surface area contributed by atoms with E-state index < -0.39 is 21.0 Å². The molecule has 2 rings (SSSR count). The van der Waals surface area contributed by atoms with Gasteiger partial charge in [0.2, 0.25) is 15.9 Å². The number of benzene rings is 1. The molecule has 0 unspecified atom stereocenters. The third-order valence-corrected chi connectivity index (χ3v) is 6.79. The molecule has 1 atom stereocenters. The molecule has 11 heteroatoms. The van der Waals surface area contributed by atoms with Gasteiger partial charge in [-0.2, -0.15) is 4.31 Å². The Morgan fingerprint density at radius 3 is 2.21 bits per heavy atom. The highest BCUT2D eigenvalue weighted by molar-refractivity contribution is 7.89. The largest absolute Gasteiger partial charge is 0.339 e. The van der Waals surface area contributed by atoms with Crippen LogP contribution in [0, 0.1) is 22.5 Å². The van der Waals surface area contributed by atoms with Gasteiger partial charge in [0.1, 0.15) is 0 Å². The number of non-ortho nitro benzene ring substituents is 1. The molecule has 0 saturated carbocycles. The molecular weight excluding hydrogens is 408 g/mol. The van der Waals surface area contributed by atoms with E-state index in [4.69, 9.17) is 5.73 Å². The number of rotatable bonds is 4. The van der Waals surface area contributed by atoms with Crippen molar-refractivity contribution in [2.45, 2.75) is 38.6 Å². The zero-order valence-electron chi connectivity index (χ0n) is 16.4. The standard InChI is InChI=1S/C17H26N4O5S.ClH/c1-12-5-6-13(21(23)24)11-14(12)27(25,26)20-9-7-19(8-10-20)16(22)15(18)17(2,3)4;/h5-6,11,15H,7-10,18H2,1-4H3;1H/t15-;/m1./s1. The van der Waals surface area contributed by atoms with Crippen molar-refractivity contribution in [2.24, 2.45) is 11.1 Å². The number of sulfonamides is 1. The van der Waals surface area contributed by atoms with Crippen LogP contribution < -0.4 is 5.73 Å². The smallest absolute Gasteiger partial charge is 0.270 e. The van der Waals surface area contributed by atoms with E-state index in [2.05, 4.69) is 0 Å². The fourth-order valence-electron chi connectivity index (χ4n) is 2.84. The summed E-state index contributed by atoms with van der Waals surface area (Å²) in [6, 6.07) is 3.11. The van der Waals surface area contributed by atoms with E-state index in [0.717, 1.165) is 6.07 Å². The second-order valence-corrected chi connectivity index (χ2v) is 9.69. The molecule has 158 valence electrons. The Kier molecular flexibility index (Phi) is 7.57. The molecule has 9 nitrogen and oxygen atoms in total. The number of nitro benzene ring substituents is 1. The highest BCUT2D eigenvalue weighted by Gasteiger charge is 2.36. The number of carbonyl (C=O) groups excluding carboxylic acids is 1. The Balaban J connectivity index is 0.00000392. The Bertz CT molecular complexity index is 846. The van der Waals surface area contributed by atoms with Crippen LogP contribution in [0.1, 0.15) is 26.3 Å². The van der Waals surface area contributed by atoms with Crippen LogP contribution in [0.15, 0.2) is 23.1 Å². The monoisotopic (exact) mass is 434 g/mol. The number of hydrogen-bond acceptors (Lipinski definition) is 6. The van der Waals surface area contributed by atoms with Gasteiger partial charge in [-0.25, -0.2) is 8.42 Å². The average Bonchev–Trinajstić information content (AvgIpc) is 2.59. The third kappa shape index (κ3) is 4.99. The van der Waals surface area contributed by atoms with Crippen molar-refractivity contribution in [2.75, 3.05) is 26.2 Å². The first-order chi connectivity index (χ1) is 12.4. The zero-order valence-corrected chi connectivity index (χ0v) is 18.0. The molecule has 0 bridgehead atoms. The lowest BCUT2D eigenvalue weighted by Crippen LogP contribution is -2.56. The molecule has 1 saturated heterocycles. The molecule has 28 heavy (non-hydrogen) atoms. The van der Waals surface area contributed by atoms with Crippen LogP contribution in [-0.4, -0.2) is 60.7 Å². The summed E-state index contributed by atoms with van der Waals surface area (Å²) in [6.45, 7) is 7.93. The number of nitrogens with two attached hydrogens (primary N) is 1. The van der Waals surface area contributed by atoms with Crippen molar-refractivity contribution < 1.29 is 18.1 Å². The Labute approximate surface area is 171 Å². The summed E-state index contributed by atoms with van der Waals surface area (Å²) in [5, 5.41) is 11.0. The first kappa shape index (κ1) is 24.3. The predicted octanol–water partition coefficient (Wildman–Crippen LogP) is 1.53. The minimum atomic E-state index is -3.89. The minimum absolute atomic E-state index is 0. The maximum absolute atomic E-state index is 12.9. The molecule has 1 aliphatic heterocycles. The van der Waals surface area contributed by atoms with Crippen molar-refractivity contribution in [3.8, 4) is 0 Å². The first-order valence-corrected chi connectivity index (χ1v) is 10.1. The Morgan fingerprint density at radius 2 is 1.75 bits per heavy atom. The Hall–Kier alpha value is -1.75. The molecule has 0 spiro atoms. The number of piperazine rings is 1. The summed E-state index contributed by atoms with van der Waals surface area (Å²) >= 11 is 0. The van der Waals surface area contributed by atoms with Gasteiger partial charge in [-0.15, -0.1) is 12.4 Å². The van der Waals surface area contributed by atoms with Crippen LogP contribution in [0.4, 0.5) is 5.69 Å². The normalized spacial score (nSPS) is 17.0. The molecule has 0 radical (unpaired) electrons. The van der Waals surface area contributed by atoms with Gasteiger partial charge >= 0.3 is 0 Å². The van der Waals surface area contributed by atoms with Crippen LogP contribution in [-0.2, 0) is 14.8 Å². The van der Waals surface area contributed by atoms with Gasteiger partial charge < -0.3 is 10.6 Å². The summed E-state index contributed by atoms with van der Waals surface area (Å²) in [5.41, 5.74) is 5.79. The third-order valence-electron chi connectivity index (χ3n) is 4.75. The highest BCUT2D eigenvalue weighted by atomic mass is 35.5. The van der Waals surface area contributed by atoms with Crippen LogP contribution >= 0.6 is 12.4 Å². The van der Waals surface area contributed by atoms with Gasteiger partial charge in [-0.1, -0.05) is 26.8 Å². The molecule has 1 fully saturated rings. The molecule has 1 amide bonds. The van der Waals surface area contributed by atoms with Gasteiger partial charge in [0.05, 0.1) is 15.9 Å². The van der Waals surface area contributed by atoms with Gasteiger partial charge in [0.25, 0.3) is 5.69 Å². The molecule has 0 aliphatic carbocycles. The van der Waals surface area contributed by atoms with Crippen LogP contribution in [0.5, 0.6) is 0 Å². The topological polar surface area (TPSA) is 127 Å². The van der Waals surface area contributed by atoms with Gasteiger partial charge in [-0.3, -0.25) is 14.9 Å². The van der Waals surface area contributed by atoms with Gasteiger partial charge in [0.15, 0.2) is 0 Å². The lowest BCUT2D eigenvalue weighted by Gasteiger charge is -2.37. The number of halogens is 1. The lowest BCUT2D eigenvalue weighted by atomic mass is 9.86. The number of hydrogen-bond donors (Lipinski definition) is 1. The van der Waals surface area contributed by atoms with Crippen LogP contribution in [0.3, 0.4) is 0 Å². The van der Waals surface area contributed by atoms with Crippen molar-refractivity contribution in [1.29, 1.82) is 0 Å². The molecular formula is C17H27ClN4O5S. The number of carbonyl (C=O) groups is 1. The SMILES string of the molecule is Cc1ccc([N+](=O)[O-])cc1S(=O)(=O)N1CCN(C(=O)[C@@H](N)C(C)(C)C)CC1.Cl. The average molecular weight is 435 g/mol. The van der Waals surface area contributed by atoms with Gasteiger partial charge in [-0.05, 0) is 17.9 Å². The Morgan fingerprint density at radius 1 is 1.21 bits per heavy atom. The summed E-state index contributed by atoms with van der Waals surface area (Å²) in [7, 11) is -3.89. The van der Waals surface area contributed by atoms with E-state index in [1.807, 2.05) is 20.8 Å². The number of aryl methyl sites for hydroxylation is 1. The van der Waals surface area contributed by atoms with Gasteiger partial charge in [0, 0.05) is 38.3 Å². The number of nitro groups is 1. The number of amides is 1. The first-order valence-electron chi connectivity index (χ1n) is 8.65. The van der Waals surface area contributed by atoms with Crippen LogP contribution in [0.2, 0.25) is 0 Å². The summed E-state index contributed by atoms with van der Waals surface area (Å²) in [6.07, 6.45) is 0. The molecule has 1 aromatic rings. The second kappa shape index (κ2) is 8.73. The molecule has 2 N–H and O–H groups in total. The molecule has 1 heterocycles. The van der Waals surface area contributed by atoms with E-state index >= 15 is 0 Å². The fourth-order valence-corrected chi connectivity index (χ4v) is 4.50. The summed E-state index contributed by atoms with van der Waals surface area (Å²) < 4.78 is 27.1. The molecule has 1 aliphatic rings. The lowest BCUT2D eigenvalue weighted by molar-refractivity contribution is -0.385. The maximum Gasteiger partial charge on any atom is 0.270 e. The zero-order chi connectivity index (χ0) is 20.6. The molecule has 1 aromatic carbocycles. The van der Waals surface area contributed by atoms with Crippen LogP contribution in [0.25, 0.3) is 0 Å². The highest BCUT2D eigenvalue weighted by Crippen LogP contribution is 2.26. The number of nitrogens with zero attached hydrogens (tertiary/aromatic N) is 3. The van der Waals surface area contributed by atoms with Crippen molar-refractivity contribution in [3.63, 3.8) is 0 Å². The van der Waals surface area contributed by atoms with E-state index in [1.54, 1.807) is 11.8 Å². The maximum atomic E-state index is 12.9. The van der Waals surface area contributed by atoms with Crippen molar-refractivity contribution in [1.82, 2.24) is 9.21 Å². The minimum Gasteiger partial charge on any atom is -0.339 e. The quantitative estimate of drug-likeness (QED) is 0.565. The molecule has 0 aromatic heterocycles. The fraction of sp³-hybridized carbons (Fsp3) is 0.588. The summed E-state index contributed by atoms with van der Waals surface area (Å²) in [4.78, 5) is 24.3. The predicted molar refractivity (Wildman–Crippen MR) is 108 cm³/mol. The van der Waals surface area contributed by atoms with E-state index in [0.29, 0.717) is 5.56 Å². The van der Waals surface area contributed by atoms with E-state index in [1.165, 1.54) is 16.4 Å². The summed E-state index contributed by atoms with van der Waals surface area (Å²) in [5.74, 6) is -0.203. The van der Waals surface area contributed by atoms with Crippen molar-refractivity contribution >= 4 is 34.0 Å². The van der Waals surface area contributed by atoms with E-state index in [-0.39, 0.29) is 60.5 Å². The second-order valence-electron chi connectivity index (χ2n) is 7.78.